The fraction of sp³-hybridized carbons (Fsp3) is 0.522. The molecule has 26 heavy (non-hydrogen) atoms. The normalized spacial score (nSPS) is 11.3. The summed E-state index contributed by atoms with van der Waals surface area (Å²) in [6.07, 6.45) is 6.68. The zero-order valence-electron chi connectivity index (χ0n) is 17.2. The lowest BCUT2D eigenvalue weighted by Gasteiger charge is -2.16. The van der Waals surface area contributed by atoms with Crippen LogP contribution >= 0.6 is 0 Å². The minimum absolute atomic E-state index is 0.708. The minimum Gasteiger partial charge on any atom is -0.383 e. The fourth-order valence-electron chi connectivity index (χ4n) is 3.51. The maximum Gasteiger partial charge on any atom is 0.126 e. The Morgan fingerprint density at radius 3 is 2.38 bits per heavy atom. The predicted octanol–water partition coefficient (Wildman–Crippen LogP) is 4.92. The number of aromatic nitrogens is 1. The summed E-state index contributed by atoms with van der Waals surface area (Å²) >= 11 is 0. The summed E-state index contributed by atoms with van der Waals surface area (Å²) < 4.78 is 0. The molecule has 0 unspecified atom stereocenters. The van der Waals surface area contributed by atoms with Crippen molar-refractivity contribution < 1.29 is 0 Å². The second-order valence-electron chi connectivity index (χ2n) is 7.61. The number of rotatable bonds is 9. The third-order valence-corrected chi connectivity index (χ3v) is 5.01. The summed E-state index contributed by atoms with van der Waals surface area (Å²) in [7, 11) is 4.23. The highest BCUT2D eigenvalue weighted by molar-refractivity contribution is 5.46. The van der Waals surface area contributed by atoms with Gasteiger partial charge in [0.25, 0.3) is 0 Å². The molecule has 0 aliphatic carbocycles. The standard InChI is InChI=1S/C23H35N3/c1-6-8-9-10-21-15-22(17(3)25-23(21)24)14-20-12-11-18(16-26(4)5)13-19(20)7-2/h11-13,15H,6-10,14,16H2,1-5H3,(H2,24,25). The van der Waals surface area contributed by atoms with Crippen LogP contribution in [0.3, 0.4) is 0 Å². The highest BCUT2D eigenvalue weighted by atomic mass is 15.0. The zero-order valence-corrected chi connectivity index (χ0v) is 17.2. The van der Waals surface area contributed by atoms with Gasteiger partial charge in [0.1, 0.15) is 5.82 Å². The number of benzene rings is 1. The molecule has 0 amide bonds. The lowest BCUT2D eigenvalue weighted by atomic mass is 9.94. The Balaban J connectivity index is 2.25. The van der Waals surface area contributed by atoms with Crippen LogP contribution in [-0.2, 0) is 25.8 Å². The van der Waals surface area contributed by atoms with Crippen LogP contribution in [0.4, 0.5) is 5.82 Å². The quantitative estimate of drug-likeness (QED) is 0.651. The topological polar surface area (TPSA) is 42.2 Å². The van der Waals surface area contributed by atoms with Gasteiger partial charge in [-0.1, -0.05) is 51.0 Å². The smallest absolute Gasteiger partial charge is 0.126 e. The third-order valence-electron chi connectivity index (χ3n) is 5.01. The lowest BCUT2D eigenvalue weighted by molar-refractivity contribution is 0.402. The van der Waals surface area contributed by atoms with Gasteiger partial charge in [0.05, 0.1) is 0 Å². The van der Waals surface area contributed by atoms with Crippen molar-refractivity contribution >= 4 is 5.82 Å². The Bertz CT molecular complexity index is 720. The predicted molar refractivity (Wildman–Crippen MR) is 113 cm³/mol. The molecule has 0 spiro atoms. The van der Waals surface area contributed by atoms with Crippen molar-refractivity contribution in [1.82, 2.24) is 9.88 Å². The van der Waals surface area contributed by atoms with E-state index in [0.717, 1.165) is 31.5 Å². The van der Waals surface area contributed by atoms with E-state index < -0.39 is 0 Å². The van der Waals surface area contributed by atoms with Crippen LogP contribution < -0.4 is 5.73 Å². The molecule has 3 heteroatoms. The van der Waals surface area contributed by atoms with Crippen LogP contribution in [0.25, 0.3) is 0 Å². The minimum atomic E-state index is 0.708. The highest BCUT2D eigenvalue weighted by Crippen LogP contribution is 2.23. The Labute approximate surface area is 159 Å². The molecule has 2 aromatic rings. The van der Waals surface area contributed by atoms with Gasteiger partial charge in [-0.3, -0.25) is 0 Å². The molecular formula is C23H35N3. The summed E-state index contributed by atoms with van der Waals surface area (Å²) in [4.78, 5) is 6.85. The molecule has 0 saturated heterocycles. The van der Waals surface area contributed by atoms with Gasteiger partial charge in [-0.25, -0.2) is 4.98 Å². The van der Waals surface area contributed by atoms with E-state index in [-0.39, 0.29) is 0 Å². The van der Waals surface area contributed by atoms with Gasteiger partial charge < -0.3 is 10.6 Å². The first-order valence-electron chi connectivity index (χ1n) is 9.94. The van der Waals surface area contributed by atoms with E-state index >= 15 is 0 Å². The SMILES string of the molecule is CCCCCc1cc(Cc2ccc(CN(C)C)cc2CC)c(C)nc1N. The number of hydrogen-bond donors (Lipinski definition) is 1. The van der Waals surface area contributed by atoms with Crippen molar-refractivity contribution in [3.63, 3.8) is 0 Å². The van der Waals surface area contributed by atoms with Crippen molar-refractivity contribution in [2.24, 2.45) is 0 Å². The first kappa shape index (κ1) is 20.4. The summed E-state index contributed by atoms with van der Waals surface area (Å²) in [5, 5.41) is 0. The molecule has 2 N–H and O–H groups in total. The van der Waals surface area contributed by atoms with E-state index in [1.165, 1.54) is 47.1 Å². The Morgan fingerprint density at radius 1 is 0.962 bits per heavy atom. The monoisotopic (exact) mass is 353 g/mol. The van der Waals surface area contributed by atoms with Crippen molar-refractivity contribution in [3.05, 3.63) is 57.8 Å². The first-order chi connectivity index (χ1) is 12.4. The average Bonchev–Trinajstić information content (AvgIpc) is 2.59. The van der Waals surface area contributed by atoms with Crippen LogP contribution in [0, 0.1) is 6.92 Å². The number of hydrogen-bond acceptors (Lipinski definition) is 3. The van der Waals surface area contributed by atoms with Crippen molar-refractivity contribution in [3.8, 4) is 0 Å². The molecular weight excluding hydrogens is 318 g/mol. The summed E-state index contributed by atoms with van der Waals surface area (Å²) in [5.74, 6) is 0.708. The molecule has 0 atom stereocenters. The zero-order chi connectivity index (χ0) is 19.1. The van der Waals surface area contributed by atoms with Gasteiger partial charge in [-0.15, -0.1) is 0 Å². The average molecular weight is 354 g/mol. The molecule has 1 heterocycles. The molecule has 0 saturated carbocycles. The number of nitrogens with zero attached hydrogens (tertiary/aromatic N) is 2. The summed E-state index contributed by atoms with van der Waals surface area (Å²) in [6.45, 7) is 7.53. The van der Waals surface area contributed by atoms with Gasteiger partial charge >= 0.3 is 0 Å². The van der Waals surface area contributed by atoms with Gasteiger partial charge in [0.15, 0.2) is 0 Å². The van der Waals surface area contributed by atoms with Gasteiger partial charge in [-0.05, 0) is 74.5 Å². The number of anilines is 1. The van der Waals surface area contributed by atoms with E-state index in [9.17, 15) is 0 Å². The van der Waals surface area contributed by atoms with Crippen LogP contribution in [-0.4, -0.2) is 24.0 Å². The first-order valence-corrected chi connectivity index (χ1v) is 9.94. The second-order valence-corrected chi connectivity index (χ2v) is 7.61. The van der Waals surface area contributed by atoms with E-state index in [0.29, 0.717) is 5.82 Å². The van der Waals surface area contributed by atoms with E-state index in [4.69, 9.17) is 5.73 Å². The van der Waals surface area contributed by atoms with Gasteiger partial charge in [0, 0.05) is 12.2 Å². The molecule has 0 aliphatic heterocycles. The van der Waals surface area contributed by atoms with Crippen molar-refractivity contribution in [1.29, 1.82) is 0 Å². The lowest BCUT2D eigenvalue weighted by Crippen LogP contribution is -2.11. The number of unbranched alkanes of at least 4 members (excludes halogenated alkanes) is 2. The van der Waals surface area contributed by atoms with Crippen LogP contribution in [0.5, 0.6) is 0 Å². The molecule has 0 fully saturated rings. The summed E-state index contributed by atoms with van der Waals surface area (Å²) in [6, 6.07) is 9.21. The fourth-order valence-corrected chi connectivity index (χ4v) is 3.51. The molecule has 3 nitrogen and oxygen atoms in total. The number of aryl methyl sites for hydroxylation is 3. The Morgan fingerprint density at radius 2 is 1.73 bits per heavy atom. The molecule has 0 radical (unpaired) electrons. The maximum atomic E-state index is 6.17. The molecule has 0 bridgehead atoms. The third kappa shape index (κ3) is 5.57. The van der Waals surface area contributed by atoms with Gasteiger partial charge in [-0.2, -0.15) is 0 Å². The Kier molecular flexibility index (Phi) is 7.65. The van der Waals surface area contributed by atoms with Gasteiger partial charge in [0.2, 0.25) is 0 Å². The molecule has 2 rings (SSSR count). The van der Waals surface area contributed by atoms with E-state index in [1.54, 1.807) is 0 Å². The van der Waals surface area contributed by atoms with E-state index in [2.05, 4.69) is 69.0 Å². The van der Waals surface area contributed by atoms with Crippen molar-refractivity contribution in [2.75, 3.05) is 19.8 Å². The molecule has 142 valence electrons. The largest absolute Gasteiger partial charge is 0.383 e. The number of nitrogen functional groups attached to an aromatic ring is 1. The van der Waals surface area contributed by atoms with Crippen LogP contribution in [0.15, 0.2) is 24.3 Å². The molecule has 1 aromatic heterocycles. The van der Waals surface area contributed by atoms with Crippen LogP contribution in [0.2, 0.25) is 0 Å². The number of nitrogens with two attached hydrogens (primary N) is 1. The summed E-state index contributed by atoms with van der Waals surface area (Å²) in [5.41, 5.74) is 14.0. The van der Waals surface area contributed by atoms with Crippen LogP contribution in [0.1, 0.15) is 66.6 Å². The second kappa shape index (κ2) is 9.72. The number of pyridine rings is 1. The van der Waals surface area contributed by atoms with Crippen molar-refractivity contribution in [2.45, 2.75) is 65.8 Å². The molecule has 0 aliphatic rings. The Hall–Kier alpha value is -1.87. The van der Waals surface area contributed by atoms with E-state index in [1.807, 2.05) is 0 Å². The highest BCUT2D eigenvalue weighted by Gasteiger charge is 2.10. The maximum absolute atomic E-state index is 6.17. The molecule has 1 aromatic carbocycles.